The van der Waals surface area contributed by atoms with Crippen molar-refractivity contribution in [3.05, 3.63) is 48.4 Å². The second-order valence-electron chi connectivity index (χ2n) is 8.71. The molecule has 0 aliphatic carbocycles. The van der Waals surface area contributed by atoms with Crippen LogP contribution >= 0.6 is 0 Å². The summed E-state index contributed by atoms with van der Waals surface area (Å²) in [5.41, 5.74) is 2.58. The van der Waals surface area contributed by atoms with Gasteiger partial charge in [-0.05, 0) is 30.5 Å². The van der Waals surface area contributed by atoms with E-state index in [1.807, 2.05) is 6.07 Å². The van der Waals surface area contributed by atoms with Crippen molar-refractivity contribution in [2.75, 3.05) is 30.4 Å². The van der Waals surface area contributed by atoms with Gasteiger partial charge in [0.25, 0.3) is 0 Å². The number of halogens is 2. The number of aromatic amines is 1. The molecule has 0 amide bonds. The Morgan fingerprint density at radius 2 is 2.18 bits per heavy atom. The van der Waals surface area contributed by atoms with Crippen LogP contribution in [0.3, 0.4) is 0 Å². The number of aromatic nitrogens is 6. The van der Waals surface area contributed by atoms with Crippen molar-refractivity contribution in [2.45, 2.75) is 23.9 Å². The summed E-state index contributed by atoms with van der Waals surface area (Å²) in [5.74, 6) is -0.731. The Balaban J connectivity index is 1.26. The number of H-pyrrole nitrogens is 1. The maximum absolute atomic E-state index is 14.8. The summed E-state index contributed by atoms with van der Waals surface area (Å²) in [7, 11) is -3.48. The number of aryl methyl sites for hydroxylation is 1. The van der Waals surface area contributed by atoms with Gasteiger partial charge in [-0.15, -0.1) is 0 Å². The van der Waals surface area contributed by atoms with E-state index < -0.39 is 28.4 Å². The van der Waals surface area contributed by atoms with Gasteiger partial charge in [0, 0.05) is 42.4 Å². The van der Waals surface area contributed by atoms with Gasteiger partial charge in [0.1, 0.15) is 18.6 Å². The highest BCUT2D eigenvalue weighted by molar-refractivity contribution is 7.91. The Hall–Kier alpha value is -3.41. The summed E-state index contributed by atoms with van der Waals surface area (Å²) in [6.07, 6.45) is 7.54. The van der Waals surface area contributed by atoms with Crippen molar-refractivity contribution in [1.29, 1.82) is 0 Å². The first kappa shape index (κ1) is 21.1. The minimum absolute atomic E-state index is 0.0151. The van der Waals surface area contributed by atoms with E-state index in [9.17, 15) is 17.2 Å². The lowest BCUT2D eigenvalue weighted by Gasteiger charge is -2.23. The first-order valence-electron chi connectivity index (χ1n) is 11.0. The van der Waals surface area contributed by atoms with Gasteiger partial charge in [0.2, 0.25) is 0 Å². The summed E-state index contributed by atoms with van der Waals surface area (Å²) < 4.78 is 55.1. The zero-order valence-corrected chi connectivity index (χ0v) is 18.8. The Labute approximate surface area is 193 Å². The molecule has 0 aromatic carbocycles. The standard InChI is InChI=1S/C22H21F2N7O2S/c23-8-18(31-11-15(9-28-31)19-16-1-4-25-20(16)27-12-26-19)14-2-5-30(10-14)21-17(24)7-13-3-6-34(32,33)22(13)29-21/h1,4,7,9,11-12,14,18H,2-3,5-6,8,10H2,(H,25,26,27)/t14-,18?/m0/s1. The van der Waals surface area contributed by atoms with Gasteiger partial charge in [0.05, 0.1) is 23.7 Å². The Kier molecular flexibility index (Phi) is 4.87. The lowest BCUT2D eigenvalue weighted by atomic mass is 10.0. The minimum Gasteiger partial charge on any atom is -0.354 e. The fourth-order valence-electron chi connectivity index (χ4n) is 4.96. The molecule has 0 spiro atoms. The van der Waals surface area contributed by atoms with Crippen molar-refractivity contribution in [1.82, 2.24) is 29.7 Å². The van der Waals surface area contributed by atoms with Crippen LogP contribution in [0, 0.1) is 11.7 Å². The van der Waals surface area contributed by atoms with Crippen molar-refractivity contribution in [2.24, 2.45) is 5.92 Å². The lowest BCUT2D eigenvalue weighted by molar-refractivity contribution is 0.257. The van der Waals surface area contributed by atoms with E-state index in [-0.39, 0.29) is 28.9 Å². The third kappa shape index (κ3) is 3.35. The average Bonchev–Trinajstić information content (AvgIpc) is 3.61. The number of hydrogen-bond acceptors (Lipinski definition) is 7. The molecule has 6 rings (SSSR count). The topological polar surface area (TPSA) is 110 Å². The molecular weight excluding hydrogens is 464 g/mol. The maximum Gasteiger partial charge on any atom is 0.196 e. The molecule has 34 heavy (non-hydrogen) atoms. The molecule has 0 saturated carbocycles. The Bertz CT molecular complexity index is 1500. The summed E-state index contributed by atoms with van der Waals surface area (Å²) in [6.45, 7) is 0.160. The van der Waals surface area contributed by atoms with Crippen LogP contribution < -0.4 is 4.90 Å². The largest absolute Gasteiger partial charge is 0.354 e. The maximum atomic E-state index is 14.8. The van der Waals surface area contributed by atoms with E-state index in [0.717, 1.165) is 10.9 Å². The van der Waals surface area contributed by atoms with E-state index >= 15 is 0 Å². The molecule has 1 fully saturated rings. The predicted octanol–water partition coefficient (Wildman–Crippen LogP) is 2.72. The third-order valence-corrected chi connectivity index (χ3v) is 8.41. The molecule has 1 unspecified atom stereocenters. The Morgan fingerprint density at radius 3 is 3.03 bits per heavy atom. The van der Waals surface area contributed by atoms with Gasteiger partial charge in [0.15, 0.2) is 26.5 Å². The van der Waals surface area contributed by atoms with E-state index in [1.165, 1.54) is 12.4 Å². The SMILES string of the molecule is O=S1(=O)CCc2cc(F)c(N3CC[C@H](C(CF)n4cc(-c5ncnc6[nH]ccc56)cn4)C3)nc21. The van der Waals surface area contributed by atoms with E-state index in [1.54, 1.807) is 28.2 Å². The second-order valence-corrected chi connectivity index (χ2v) is 10.7. The summed E-state index contributed by atoms with van der Waals surface area (Å²) in [6, 6.07) is 2.59. The number of sulfone groups is 1. The summed E-state index contributed by atoms with van der Waals surface area (Å²) in [5, 5.41) is 5.21. The molecule has 1 saturated heterocycles. The van der Waals surface area contributed by atoms with Crippen LogP contribution in [-0.4, -0.2) is 63.7 Å². The summed E-state index contributed by atoms with van der Waals surface area (Å²) in [4.78, 5) is 17.5. The highest BCUT2D eigenvalue weighted by Crippen LogP contribution is 2.35. The minimum atomic E-state index is -3.48. The molecule has 9 nitrogen and oxygen atoms in total. The molecule has 12 heteroatoms. The van der Waals surface area contributed by atoms with Crippen LogP contribution in [0.5, 0.6) is 0 Å². The van der Waals surface area contributed by atoms with E-state index in [0.29, 0.717) is 36.4 Å². The van der Waals surface area contributed by atoms with Crippen molar-refractivity contribution in [3.63, 3.8) is 0 Å². The zero-order valence-electron chi connectivity index (χ0n) is 18.0. The van der Waals surface area contributed by atoms with Crippen molar-refractivity contribution < 1.29 is 17.2 Å². The van der Waals surface area contributed by atoms with Gasteiger partial charge in [-0.2, -0.15) is 5.10 Å². The van der Waals surface area contributed by atoms with Crippen LogP contribution in [0.15, 0.2) is 42.1 Å². The molecule has 0 bridgehead atoms. The second kappa shape index (κ2) is 7.83. The Morgan fingerprint density at radius 1 is 1.29 bits per heavy atom. The normalized spacial score (nSPS) is 20.2. The van der Waals surface area contributed by atoms with Gasteiger partial charge in [-0.3, -0.25) is 4.68 Å². The third-order valence-electron chi connectivity index (χ3n) is 6.73. The van der Waals surface area contributed by atoms with Crippen LogP contribution in [0.2, 0.25) is 0 Å². The first-order chi connectivity index (χ1) is 16.4. The van der Waals surface area contributed by atoms with Crippen LogP contribution in [0.4, 0.5) is 14.6 Å². The van der Waals surface area contributed by atoms with Gasteiger partial charge >= 0.3 is 0 Å². The van der Waals surface area contributed by atoms with Crippen molar-refractivity contribution in [3.8, 4) is 11.3 Å². The molecule has 176 valence electrons. The van der Waals surface area contributed by atoms with Crippen LogP contribution in [0.1, 0.15) is 18.0 Å². The number of anilines is 1. The average molecular weight is 486 g/mol. The van der Waals surface area contributed by atoms with Gasteiger partial charge in [-0.25, -0.2) is 32.2 Å². The number of rotatable bonds is 5. The molecule has 1 N–H and O–H groups in total. The molecule has 2 atom stereocenters. The number of fused-ring (bicyclic) bond motifs is 2. The molecule has 2 aliphatic rings. The molecule has 2 aliphatic heterocycles. The molecule has 0 radical (unpaired) electrons. The van der Waals surface area contributed by atoms with Crippen LogP contribution in [0.25, 0.3) is 22.3 Å². The van der Waals surface area contributed by atoms with Crippen molar-refractivity contribution >= 4 is 26.7 Å². The number of alkyl halides is 1. The predicted molar refractivity (Wildman–Crippen MR) is 120 cm³/mol. The monoisotopic (exact) mass is 485 g/mol. The smallest absolute Gasteiger partial charge is 0.196 e. The number of hydrogen-bond donors (Lipinski definition) is 1. The van der Waals surface area contributed by atoms with Gasteiger partial charge in [-0.1, -0.05) is 0 Å². The van der Waals surface area contributed by atoms with E-state index in [4.69, 9.17) is 0 Å². The fraction of sp³-hybridized carbons (Fsp3) is 0.364. The molecular formula is C22H21F2N7O2S. The number of pyridine rings is 1. The van der Waals surface area contributed by atoms with Gasteiger partial charge < -0.3 is 9.88 Å². The lowest BCUT2D eigenvalue weighted by Crippen LogP contribution is -2.27. The quantitative estimate of drug-likeness (QED) is 0.463. The fourth-order valence-corrected chi connectivity index (χ4v) is 6.43. The molecule has 6 heterocycles. The molecule has 4 aromatic heterocycles. The van der Waals surface area contributed by atoms with E-state index in [2.05, 4.69) is 25.0 Å². The molecule has 4 aromatic rings. The first-order valence-corrected chi connectivity index (χ1v) is 12.7. The zero-order chi connectivity index (χ0) is 23.4. The number of nitrogens with zero attached hydrogens (tertiary/aromatic N) is 6. The number of nitrogens with one attached hydrogen (secondary N) is 1. The summed E-state index contributed by atoms with van der Waals surface area (Å²) >= 11 is 0. The highest BCUT2D eigenvalue weighted by atomic mass is 32.2. The van der Waals surface area contributed by atoms with Crippen LogP contribution in [-0.2, 0) is 16.3 Å². The highest BCUT2D eigenvalue weighted by Gasteiger charge is 2.35.